The van der Waals surface area contributed by atoms with Gasteiger partial charge in [-0.2, -0.15) is 0 Å². The van der Waals surface area contributed by atoms with Gasteiger partial charge < -0.3 is 14.6 Å². The van der Waals surface area contributed by atoms with E-state index in [2.05, 4.69) is 24.4 Å². The van der Waals surface area contributed by atoms with Crippen molar-refractivity contribution in [3.05, 3.63) is 63.4 Å². The van der Waals surface area contributed by atoms with Crippen LogP contribution in [0, 0.1) is 10.1 Å². The number of carbonyl (C=O) groups excluding carboxylic acids is 1. The maximum absolute atomic E-state index is 12.7. The number of hydrogen-bond donors (Lipinski definition) is 1. The second-order valence-corrected chi connectivity index (χ2v) is 5.71. The lowest BCUT2D eigenvalue weighted by Gasteiger charge is -2.36. The number of piperazine rings is 1. The van der Waals surface area contributed by atoms with Crippen LogP contribution in [0.3, 0.4) is 0 Å². The number of benzene rings is 1. The molecule has 1 atom stereocenters. The molecule has 3 rings (SSSR count). The summed E-state index contributed by atoms with van der Waals surface area (Å²) in [6.07, 6.45) is 0.960. The molecule has 0 aliphatic carbocycles. The van der Waals surface area contributed by atoms with E-state index >= 15 is 0 Å². The number of nitrogens with one attached hydrogen (secondary N) is 1. The molecule has 7 nitrogen and oxygen atoms in total. The first-order chi connectivity index (χ1) is 11.6. The molecule has 1 N–H and O–H groups in total. The van der Waals surface area contributed by atoms with Crippen molar-refractivity contribution in [2.75, 3.05) is 19.6 Å². The van der Waals surface area contributed by atoms with E-state index in [0.29, 0.717) is 19.6 Å². The number of hydrogen-bond acceptors (Lipinski definition) is 5. The van der Waals surface area contributed by atoms with Crippen molar-refractivity contribution in [2.45, 2.75) is 19.4 Å². The molecule has 0 radical (unpaired) electrons. The van der Waals surface area contributed by atoms with Crippen LogP contribution in [-0.2, 0) is 6.42 Å². The predicted molar refractivity (Wildman–Crippen MR) is 95.1 cm³/mol. The Morgan fingerprint density at radius 2 is 2.04 bits per heavy atom. The van der Waals surface area contributed by atoms with Gasteiger partial charge in [-0.3, -0.25) is 14.9 Å². The maximum atomic E-state index is 12.7. The molecule has 1 aliphatic rings. The summed E-state index contributed by atoms with van der Waals surface area (Å²) in [6.45, 7) is 3.93. The summed E-state index contributed by atoms with van der Waals surface area (Å²) in [7, 11) is 0. The van der Waals surface area contributed by atoms with E-state index < -0.39 is 10.8 Å². The van der Waals surface area contributed by atoms with Crippen molar-refractivity contribution in [3.63, 3.8) is 0 Å². The fourth-order valence-electron chi connectivity index (χ4n) is 2.90. The van der Waals surface area contributed by atoms with E-state index in [0.717, 1.165) is 12.0 Å². The van der Waals surface area contributed by atoms with E-state index in [4.69, 9.17) is 4.42 Å². The molecule has 8 heteroatoms. The zero-order valence-electron chi connectivity index (χ0n) is 13.8. The highest BCUT2D eigenvalue weighted by atomic mass is 35.5. The Kier molecular flexibility index (Phi) is 6.17. The van der Waals surface area contributed by atoms with Crippen molar-refractivity contribution >= 4 is 24.2 Å². The maximum Gasteiger partial charge on any atom is 0.433 e. The minimum atomic E-state index is -0.643. The minimum Gasteiger partial charge on any atom is -0.395 e. The summed E-state index contributed by atoms with van der Waals surface area (Å²) in [5.74, 6) is -0.745. The summed E-state index contributed by atoms with van der Waals surface area (Å²) < 4.78 is 5.07. The van der Waals surface area contributed by atoms with Crippen LogP contribution in [0.2, 0.25) is 0 Å². The SMILES string of the molecule is CCc1ccc(C2CNCCN2C(=O)c2ccc([N+](=O)[O-])o2)cc1.Cl. The molecule has 0 spiro atoms. The van der Waals surface area contributed by atoms with Gasteiger partial charge in [-0.1, -0.05) is 31.2 Å². The molecule has 0 bridgehead atoms. The molecular formula is C17H20ClN3O4. The monoisotopic (exact) mass is 365 g/mol. The number of rotatable bonds is 4. The molecule has 1 aliphatic heterocycles. The van der Waals surface area contributed by atoms with Crippen molar-refractivity contribution in [2.24, 2.45) is 0 Å². The second-order valence-electron chi connectivity index (χ2n) is 5.71. The third-order valence-electron chi connectivity index (χ3n) is 4.26. The van der Waals surface area contributed by atoms with Crippen LogP contribution in [-0.4, -0.2) is 35.4 Å². The van der Waals surface area contributed by atoms with Crippen molar-refractivity contribution in [3.8, 4) is 0 Å². The quantitative estimate of drug-likeness (QED) is 0.664. The van der Waals surface area contributed by atoms with Gasteiger partial charge in [0.2, 0.25) is 0 Å². The fraction of sp³-hybridized carbons (Fsp3) is 0.353. The first kappa shape index (κ1) is 19.0. The van der Waals surface area contributed by atoms with E-state index in [1.54, 1.807) is 4.90 Å². The Hall–Kier alpha value is -2.38. The molecule has 2 heterocycles. The summed E-state index contributed by atoms with van der Waals surface area (Å²) in [4.78, 5) is 24.5. The van der Waals surface area contributed by atoms with Crippen LogP contribution in [0.4, 0.5) is 5.88 Å². The lowest BCUT2D eigenvalue weighted by atomic mass is 10.0. The second kappa shape index (κ2) is 8.13. The number of carbonyl (C=O) groups is 1. The van der Waals surface area contributed by atoms with Crippen LogP contribution in [0.15, 0.2) is 40.8 Å². The lowest BCUT2D eigenvalue weighted by molar-refractivity contribution is -0.402. The summed E-state index contributed by atoms with van der Waals surface area (Å²) in [5, 5.41) is 14.0. The topological polar surface area (TPSA) is 88.6 Å². The number of furan rings is 1. The minimum absolute atomic E-state index is 0. The van der Waals surface area contributed by atoms with Crippen LogP contribution >= 0.6 is 12.4 Å². The fourth-order valence-corrected chi connectivity index (χ4v) is 2.90. The molecule has 1 aromatic carbocycles. The Labute approximate surface area is 151 Å². The standard InChI is InChI=1S/C17H19N3O4.ClH/c1-2-12-3-5-13(6-4-12)14-11-18-9-10-19(14)17(21)15-7-8-16(24-15)20(22)23;/h3-8,14,18H,2,9-11H2,1H3;1H. The van der Waals surface area contributed by atoms with Crippen molar-refractivity contribution in [1.29, 1.82) is 0 Å². The predicted octanol–water partition coefficient (Wildman–Crippen LogP) is 2.96. The largest absolute Gasteiger partial charge is 0.433 e. The van der Waals surface area contributed by atoms with Gasteiger partial charge in [0, 0.05) is 19.6 Å². The van der Waals surface area contributed by atoms with Gasteiger partial charge in [0.25, 0.3) is 5.91 Å². The number of nitrogens with zero attached hydrogens (tertiary/aromatic N) is 2. The Morgan fingerprint density at radius 3 is 2.64 bits per heavy atom. The van der Waals surface area contributed by atoms with Gasteiger partial charge in [0.05, 0.1) is 12.1 Å². The molecule has 25 heavy (non-hydrogen) atoms. The average molecular weight is 366 g/mol. The zero-order valence-corrected chi connectivity index (χ0v) is 14.6. The molecule has 0 saturated carbocycles. The first-order valence-corrected chi connectivity index (χ1v) is 7.95. The van der Waals surface area contributed by atoms with Crippen LogP contribution in [0.5, 0.6) is 0 Å². The van der Waals surface area contributed by atoms with Gasteiger partial charge in [-0.15, -0.1) is 12.4 Å². The van der Waals surface area contributed by atoms with Crippen molar-refractivity contribution in [1.82, 2.24) is 10.2 Å². The average Bonchev–Trinajstić information content (AvgIpc) is 3.12. The molecule has 2 aromatic rings. The van der Waals surface area contributed by atoms with Gasteiger partial charge >= 0.3 is 5.88 Å². The van der Waals surface area contributed by atoms with E-state index in [1.165, 1.54) is 17.7 Å². The first-order valence-electron chi connectivity index (χ1n) is 7.95. The number of aryl methyl sites for hydroxylation is 1. The normalized spacial score (nSPS) is 17.0. The van der Waals surface area contributed by atoms with Crippen LogP contribution in [0.1, 0.15) is 34.6 Å². The molecule has 1 aromatic heterocycles. The molecule has 134 valence electrons. The zero-order chi connectivity index (χ0) is 17.1. The molecule has 1 unspecified atom stereocenters. The molecular weight excluding hydrogens is 346 g/mol. The Bertz CT molecular complexity index is 745. The highest BCUT2D eigenvalue weighted by Gasteiger charge is 2.31. The highest BCUT2D eigenvalue weighted by Crippen LogP contribution is 2.26. The molecule has 1 amide bonds. The van der Waals surface area contributed by atoms with Gasteiger partial charge in [-0.05, 0) is 23.6 Å². The van der Waals surface area contributed by atoms with Crippen molar-refractivity contribution < 1.29 is 14.1 Å². The van der Waals surface area contributed by atoms with Gasteiger partial charge in [0.1, 0.15) is 4.92 Å². The Balaban J connectivity index is 0.00000225. The van der Waals surface area contributed by atoms with E-state index in [9.17, 15) is 14.9 Å². The van der Waals surface area contributed by atoms with Crippen LogP contribution < -0.4 is 5.32 Å². The molecule has 1 fully saturated rings. The third-order valence-corrected chi connectivity index (χ3v) is 4.26. The van der Waals surface area contributed by atoms with Gasteiger partial charge in [0.15, 0.2) is 5.76 Å². The Morgan fingerprint density at radius 1 is 1.32 bits per heavy atom. The highest BCUT2D eigenvalue weighted by molar-refractivity contribution is 5.92. The third kappa shape index (κ3) is 4.00. The number of amides is 1. The van der Waals surface area contributed by atoms with Gasteiger partial charge in [-0.25, -0.2) is 0 Å². The molecule has 1 saturated heterocycles. The summed E-state index contributed by atoms with van der Waals surface area (Å²) in [5.41, 5.74) is 2.27. The summed E-state index contributed by atoms with van der Waals surface area (Å²) >= 11 is 0. The van der Waals surface area contributed by atoms with E-state index in [1.807, 2.05) is 12.1 Å². The van der Waals surface area contributed by atoms with E-state index in [-0.39, 0.29) is 30.1 Å². The van der Waals surface area contributed by atoms with Crippen LogP contribution in [0.25, 0.3) is 0 Å². The number of halogens is 1. The lowest BCUT2D eigenvalue weighted by Crippen LogP contribution is -2.48. The number of nitro groups is 1. The smallest absolute Gasteiger partial charge is 0.395 e. The summed E-state index contributed by atoms with van der Waals surface area (Å²) in [6, 6.07) is 10.6.